The Morgan fingerprint density at radius 3 is 1.16 bits per heavy atom. The van der Waals surface area contributed by atoms with Gasteiger partial charge in [0.2, 0.25) is 5.91 Å². The van der Waals surface area contributed by atoms with Crippen LogP contribution in [-0.2, 0) is 14.3 Å². The Hall–Kier alpha value is -1.07. The van der Waals surface area contributed by atoms with Gasteiger partial charge < -0.3 is 40.3 Å². The maximum atomic E-state index is 13.1. The van der Waals surface area contributed by atoms with Gasteiger partial charge in [-0.15, -0.1) is 0 Å². The molecule has 416 valence electrons. The normalized spacial score (nSPS) is 19.3. The third-order valence-electron chi connectivity index (χ3n) is 15.1. The Labute approximate surface area is 433 Å². The minimum atomic E-state index is -1.55. The minimum absolute atomic E-state index is 0.137. The average Bonchev–Trinajstić information content (AvgIpc) is 3.36. The van der Waals surface area contributed by atoms with E-state index in [0.717, 1.165) is 51.4 Å². The Kier molecular flexibility index (Phi) is 49.2. The molecule has 1 amide bonds. The predicted molar refractivity (Wildman–Crippen MR) is 295 cm³/mol. The Balaban J connectivity index is 2.12. The summed E-state index contributed by atoms with van der Waals surface area (Å²) in [7, 11) is 0. The molecule has 70 heavy (non-hydrogen) atoms. The molecule has 0 radical (unpaired) electrons. The molecule has 0 saturated carbocycles. The van der Waals surface area contributed by atoms with Gasteiger partial charge in [-0.3, -0.25) is 4.79 Å². The van der Waals surface area contributed by atoms with E-state index < -0.39 is 49.5 Å². The van der Waals surface area contributed by atoms with Crippen molar-refractivity contribution in [3.63, 3.8) is 0 Å². The number of aliphatic hydroxyl groups excluding tert-OH is 5. The Morgan fingerprint density at radius 1 is 0.471 bits per heavy atom. The van der Waals surface area contributed by atoms with Gasteiger partial charge in [-0.25, -0.2) is 0 Å². The van der Waals surface area contributed by atoms with E-state index in [-0.39, 0.29) is 12.5 Å². The van der Waals surface area contributed by atoms with Crippen LogP contribution in [0.5, 0.6) is 0 Å². The number of nitrogens with one attached hydrogen (secondary N) is 1. The summed E-state index contributed by atoms with van der Waals surface area (Å²) >= 11 is 0. The lowest BCUT2D eigenvalue weighted by Gasteiger charge is -2.40. The molecule has 1 rings (SSSR count). The molecule has 1 heterocycles. The zero-order valence-corrected chi connectivity index (χ0v) is 46.3. The zero-order chi connectivity index (χ0) is 50.8. The quantitative estimate of drug-likeness (QED) is 0.0261. The fourth-order valence-corrected chi connectivity index (χ4v) is 10.2. The number of hydrogen-bond donors (Lipinski definition) is 6. The van der Waals surface area contributed by atoms with E-state index in [9.17, 15) is 30.3 Å². The summed E-state index contributed by atoms with van der Waals surface area (Å²) in [6.07, 6.45) is 56.9. The van der Waals surface area contributed by atoms with Crippen molar-refractivity contribution >= 4 is 5.91 Å². The first-order valence-corrected chi connectivity index (χ1v) is 30.9. The molecule has 0 spiro atoms. The standard InChI is InChI=1S/C61H119NO8/c1-3-5-7-9-11-13-15-17-19-21-22-23-24-25-26-27-28-29-30-31-32-33-34-35-36-38-40-42-44-46-48-50-55(64)54(53-69-61-60(68)59(67)58(66)56(52-63)70-61)62-57(65)51-49-47-45-43-41-39-37-20-18-16-14-12-10-8-6-4-2/h20,37,54-56,58-61,63-64,66-68H,3-19,21-36,38-53H2,1-2H3,(H,62,65)/b37-20-. The predicted octanol–water partition coefficient (Wildman–Crippen LogP) is 15.6. The molecular formula is C61H119NO8. The zero-order valence-electron chi connectivity index (χ0n) is 46.3. The molecule has 1 fully saturated rings. The van der Waals surface area contributed by atoms with Gasteiger partial charge in [0.15, 0.2) is 6.29 Å². The number of unbranched alkanes of at least 4 members (excludes halogenated alkanes) is 42. The van der Waals surface area contributed by atoms with Crippen LogP contribution in [0.15, 0.2) is 12.2 Å². The maximum Gasteiger partial charge on any atom is 0.220 e. The van der Waals surface area contributed by atoms with Crippen molar-refractivity contribution in [1.82, 2.24) is 5.32 Å². The van der Waals surface area contributed by atoms with Crippen molar-refractivity contribution in [3.8, 4) is 0 Å². The number of rotatable bonds is 54. The molecule has 0 aromatic heterocycles. The number of ether oxygens (including phenoxy) is 2. The SMILES string of the molecule is CCCCCCCCC/C=C\CCCCCCCC(=O)NC(COC1OC(CO)C(O)C(O)C1O)C(O)CCCCCCCCCCCCCCCCCCCCCCCCCCCCCCCCC. The molecule has 1 aliphatic heterocycles. The lowest BCUT2D eigenvalue weighted by Crippen LogP contribution is -2.60. The van der Waals surface area contributed by atoms with Crippen LogP contribution in [-0.4, -0.2) is 87.5 Å². The highest BCUT2D eigenvalue weighted by atomic mass is 16.7. The van der Waals surface area contributed by atoms with Gasteiger partial charge >= 0.3 is 0 Å². The van der Waals surface area contributed by atoms with Gasteiger partial charge in [0, 0.05) is 6.42 Å². The van der Waals surface area contributed by atoms with Gasteiger partial charge in [0.25, 0.3) is 0 Å². The summed E-state index contributed by atoms with van der Waals surface area (Å²) in [4.78, 5) is 13.1. The largest absolute Gasteiger partial charge is 0.394 e. The summed E-state index contributed by atoms with van der Waals surface area (Å²) in [6.45, 7) is 3.87. The van der Waals surface area contributed by atoms with Crippen LogP contribution < -0.4 is 5.32 Å². The monoisotopic (exact) mass is 994 g/mol. The van der Waals surface area contributed by atoms with Crippen molar-refractivity contribution in [2.75, 3.05) is 13.2 Å². The second kappa shape index (κ2) is 51.4. The molecule has 9 nitrogen and oxygen atoms in total. The van der Waals surface area contributed by atoms with Crippen molar-refractivity contribution < 1.29 is 39.8 Å². The van der Waals surface area contributed by atoms with Gasteiger partial charge in [0.1, 0.15) is 24.4 Å². The lowest BCUT2D eigenvalue weighted by atomic mass is 9.99. The third kappa shape index (κ3) is 40.3. The van der Waals surface area contributed by atoms with Crippen molar-refractivity contribution in [2.45, 2.75) is 358 Å². The molecule has 0 aliphatic carbocycles. The maximum absolute atomic E-state index is 13.1. The van der Waals surface area contributed by atoms with Crippen LogP contribution in [0.25, 0.3) is 0 Å². The van der Waals surface area contributed by atoms with E-state index >= 15 is 0 Å². The number of amides is 1. The molecule has 9 heteroatoms. The van der Waals surface area contributed by atoms with E-state index in [4.69, 9.17) is 9.47 Å². The van der Waals surface area contributed by atoms with E-state index in [1.165, 1.54) is 238 Å². The van der Waals surface area contributed by atoms with Gasteiger partial charge in [-0.2, -0.15) is 0 Å². The first-order chi connectivity index (χ1) is 34.3. The average molecular weight is 995 g/mol. The summed E-state index contributed by atoms with van der Waals surface area (Å²) in [5.74, 6) is -0.148. The third-order valence-corrected chi connectivity index (χ3v) is 15.1. The molecule has 0 aromatic rings. The van der Waals surface area contributed by atoms with E-state index in [1.807, 2.05) is 0 Å². The van der Waals surface area contributed by atoms with Crippen LogP contribution >= 0.6 is 0 Å². The second-order valence-electron chi connectivity index (χ2n) is 21.9. The molecule has 0 aromatic carbocycles. The van der Waals surface area contributed by atoms with Crippen LogP contribution in [0.2, 0.25) is 0 Å². The molecule has 0 bridgehead atoms. The minimum Gasteiger partial charge on any atom is -0.394 e. The highest BCUT2D eigenvalue weighted by Gasteiger charge is 2.44. The Bertz CT molecular complexity index is 1110. The summed E-state index contributed by atoms with van der Waals surface area (Å²) in [6, 6.07) is -0.721. The van der Waals surface area contributed by atoms with Gasteiger partial charge in [-0.1, -0.05) is 283 Å². The highest BCUT2D eigenvalue weighted by molar-refractivity contribution is 5.76. The smallest absolute Gasteiger partial charge is 0.220 e. The fraction of sp³-hybridized carbons (Fsp3) is 0.951. The first kappa shape index (κ1) is 66.9. The second-order valence-corrected chi connectivity index (χ2v) is 21.9. The molecule has 7 atom stereocenters. The van der Waals surface area contributed by atoms with Crippen LogP contribution in [0.3, 0.4) is 0 Å². The topological polar surface area (TPSA) is 149 Å². The van der Waals surface area contributed by atoms with Crippen molar-refractivity contribution in [1.29, 1.82) is 0 Å². The summed E-state index contributed by atoms with van der Waals surface area (Å²) in [5.41, 5.74) is 0. The lowest BCUT2D eigenvalue weighted by molar-refractivity contribution is -0.302. The van der Waals surface area contributed by atoms with E-state index in [1.54, 1.807) is 0 Å². The van der Waals surface area contributed by atoms with Gasteiger partial charge in [0.05, 0.1) is 25.4 Å². The number of allylic oxidation sites excluding steroid dienone is 2. The number of hydrogen-bond acceptors (Lipinski definition) is 8. The molecule has 6 N–H and O–H groups in total. The summed E-state index contributed by atoms with van der Waals surface area (Å²) < 4.78 is 11.3. The molecular weight excluding hydrogens is 875 g/mol. The van der Waals surface area contributed by atoms with E-state index in [0.29, 0.717) is 12.8 Å². The number of carbonyl (C=O) groups is 1. The van der Waals surface area contributed by atoms with Crippen LogP contribution in [0.1, 0.15) is 316 Å². The highest BCUT2D eigenvalue weighted by Crippen LogP contribution is 2.23. The van der Waals surface area contributed by atoms with Crippen molar-refractivity contribution in [2.24, 2.45) is 0 Å². The van der Waals surface area contributed by atoms with Crippen LogP contribution in [0.4, 0.5) is 0 Å². The molecule has 1 aliphatic rings. The Morgan fingerprint density at radius 2 is 0.800 bits per heavy atom. The number of carbonyl (C=O) groups excluding carboxylic acids is 1. The van der Waals surface area contributed by atoms with Crippen LogP contribution in [0, 0.1) is 0 Å². The van der Waals surface area contributed by atoms with Gasteiger partial charge in [-0.05, 0) is 38.5 Å². The number of aliphatic hydroxyl groups is 5. The first-order valence-electron chi connectivity index (χ1n) is 30.9. The fourth-order valence-electron chi connectivity index (χ4n) is 10.2. The van der Waals surface area contributed by atoms with E-state index in [2.05, 4.69) is 31.3 Å². The molecule has 1 saturated heterocycles. The van der Waals surface area contributed by atoms with Crippen molar-refractivity contribution in [3.05, 3.63) is 12.2 Å². The molecule has 7 unspecified atom stereocenters. The summed E-state index contributed by atoms with van der Waals surface area (Å²) in [5, 5.41) is 54.7.